The first-order valence-corrected chi connectivity index (χ1v) is 9.51. The molecule has 1 aliphatic rings. The molecular weight excluding hydrogens is 336 g/mol. The number of hydrogen-bond donors (Lipinski definition) is 0. The zero-order chi connectivity index (χ0) is 13.0. The van der Waals surface area contributed by atoms with Crippen molar-refractivity contribution in [1.82, 2.24) is 9.21 Å². The number of hydrogen-bond acceptors (Lipinski definition) is 4. The highest BCUT2D eigenvalue weighted by atomic mass is 79.9. The van der Waals surface area contributed by atoms with E-state index >= 15 is 0 Å². The van der Waals surface area contributed by atoms with Crippen LogP contribution in [0.15, 0.2) is 17.5 Å². The van der Waals surface area contributed by atoms with Crippen molar-refractivity contribution in [2.24, 2.45) is 0 Å². The summed E-state index contributed by atoms with van der Waals surface area (Å²) in [6.07, 6.45) is 0.900. The maximum absolute atomic E-state index is 11.8. The Bertz CT molecular complexity index is 461. The van der Waals surface area contributed by atoms with E-state index in [4.69, 9.17) is 0 Å². The van der Waals surface area contributed by atoms with E-state index in [-0.39, 0.29) is 4.66 Å². The van der Waals surface area contributed by atoms with Crippen molar-refractivity contribution in [2.45, 2.75) is 13.0 Å². The standard InChI is InChI=1S/C11H17BrN2O2S2/c12-10-18(15,16)14-5-2-4-13(6-7-14)9-11-3-1-8-17-11/h1,3,8H,2,4-7,9-10H2. The van der Waals surface area contributed by atoms with E-state index in [1.165, 1.54) is 4.88 Å². The van der Waals surface area contributed by atoms with Gasteiger partial charge in [-0.25, -0.2) is 8.42 Å². The Morgan fingerprint density at radius 2 is 2.11 bits per heavy atom. The van der Waals surface area contributed by atoms with Crippen LogP contribution in [0.4, 0.5) is 0 Å². The highest BCUT2D eigenvalue weighted by molar-refractivity contribution is 9.10. The maximum Gasteiger partial charge on any atom is 0.224 e. The third-order valence-electron chi connectivity index (χ3n) is 3.04. The Kier molecular flexibility index (Phi) is 5.20. The zero-order valence-electron chi connectivity index (χ0n) is 10.1. The van der Waals surface area contributed by atoms with Crippen LogP contribution in [0.5, 0.6) is 0 Å². The minimum atomic E-state index is -3.10. The first kappa shape index (κ1) is 14.5. The average molecular weight is 353 g/mol. The molecule has 0 spiro atoms. The van der Waals surface area contributed by atoms with Crippen LogP contribution >= 0.6 is 27.3 Å². The highest BCUT2D eigenvalue weighted by Gasteiger charge is 2.23. The molecule has 1 fully saturated rings. The molecule has 1 aromatic rings. The molecule has 0 saturated carbocycles. The molecule has 0 radical (unpaired) electrons. The second-order valence-electron chi connectivity index (χ2n) is 4.33. The molecule has 4 nitrogen and oxygen atoms in total. The molecule has 0 amide bonds. The molecule has 1 saturated heterocycles. The second kappa shape index (κ2) is 6.47. The number of alkyl halides is 1. The monoisotopic (exact) mass is 352 g/mol. The Morgan fingerprint density at radius 1 is 1.28 bits per heavy atom. The number of rotatable bonds is 4. The van der Waals surface area contributed by atoms with Crippen LogP contribution in [0.2, 0.25) is 0 Å². The third kappa shape index (κ3) is 3.77. The van der Waals surface area contributed by atoms with Gasteiger partial charge in [0.2, 0.25) is 10.0 Å². The normalized spacial score (nSPS) is 19.8. The third-order valence-corrected chi connectivity index (χ3v) is 7.06. The minimum absolute atomic E-state index is 0.0188. The number of halogens is 1. The van der Waals surface area contributed by atoms with Gasteiger partial charge in [0.1, 0.15) is 4.66 Å². The van der Waals surface area contributed by atoms with Gasteiger partial charge in [-0.2, -0.15) is 4.31 Å². The summed E-state index contributed by atoms with van der Waals surface area (Å²) in [6, 6.07) is 4.18. The summed E-state index contributed by atoms with van der Waals surface area (Å²) < 4.78 is 25.2. The molecule has 18 heavy (non-hydrogen) atoms. The number of thiophene rings is 1. The number of sulfonamides is 1. The van der Waals surface area contributed by atoms with Crippen molar-refractivity contribution in [1.29, 1.82) is 0 Å². The molecule has 0 atom stereocenters. The van der Waals surface area contributed by atoms with Crippen molar-refractivity contribution < 1.29 is 8.42 Å². The van der Waals surface area contributed by atoms with Gasteiger partial charge in [0.05, 0.1) is 0 Å². The van der Waals surface area contributed by atoms with Gasteiger partial charge in [0, 0.05) is 31.1 Å². The smallest absolute Gasteiger partial charge is 0.224 e. The van der Waals surface area contributed by atoms with Gasteiger partial charge in [-0.3, -0.25) is 4.90 Å². The lowest BCUT2D eigenvalue weighted by Gasteiger charge is -2.20. The first-order chi connectivity index (χ1) is 8.62. The topological polar surface area (TPSA) is 40.6 Å². The summed E-state index contributed by atoms with van der Waals surface area (Å²) in [6.45, 7) is 3.93. The molecule has 0 unspecified atom stereocenters. The predicted octanol–water partition coefficient (Wildman–Crippen LogP) is 1.94. The average Bonchev–Trinajstić information content (AvgIpc) is 2.73. The van der Waals surface area contributed by atoms with E-state index in [1.54, 1.807) is 15.6 Å². The van der Waals surface area contributed by atoms with Crippen LogP contribution in [-0.2, 0) is 16.6 Å². The highest BCUT2D eigenvalue weighted by Crippen LogP contribution is 2.15. The Hall–Kier alpha value is 0.0500. The maximum atomic E-state index is 11.8. The van der Waals surface area contributed by atoms with Gasteiger partial charge >= 0.3 is 0 Å². The molecule has 1 aliphatic heterocycles. The fourth-order valence-corrected chi connectivity index (χ4v) is 4.60. The van der Waals surface area contributed by atoms with Crippen LogP contribution in [0, 0.1) is 0 Å². The molecule has 7 heteroatoms. The molecule has 2 rings (SSSR count). The quantitative estimate of drug-likeness (QED) is 0.777. The summed E-state index contributed by atoms with van der Waals surface area (Å²) in [5.74, 6) is 0. The van der Waals surface area contributed by atoms with Crippen LogP contribution < -0.4 is 0 Å². The van der Waals surface area contributed by atoms with E-state index in [0.29, 0.717) is 13.1 Å². The van der Waals surface area contributed by atoms with Crippen LogP contribution in [0.1, 0.15) is 11.3 Å². The lowest BCUT2D eigenvalue weighted by atomic mass is 10.3. The Morgan fingerprint density at radius 3 is 2.78 bits per heavy atom. The SMILES string of the molecule is O=S(=O)(CBr)N1CCCN(Cc2cccs2)CC1. The van der Waals surface area contributed by atoms with Gasteiger partial charge in [-0.15, -0.1) is 11.3 Å². The molecule has 0 N–H and O–H groups in total. The second-order valence-corrected chi connectivity index (χ2v) is 8.63. The lowest BCUT2D eigenvalue weighted by Crippen LogP contribution is -2.35. The summed E-state index contributed by atoms with van der Waals surface area (Å²) in [5, 5.41) is 2.08. The van der Waals surface area contributed by atoms with Crippen molar-refractivity contribution in [2.75, 3.05) is 30.8 Å². The summed E-state index contributed by atoms with van der Waals surface area (Å²) in [5.41, 5.74) is 0. The van der Waals surface area contributed by atoms with Gasteiger partial charge in [0.25, 0.3) is 0 Å². The fraction of sp³-hybridized carbons (Fsp3) is 0.636. The molecule has 0 aliphatic carbocycles. The van der Waals surface area contributed by atoms with Crippen molar-refractivity contribution in [3.05, 3.63) is 22.4 Å². The predicted molar refractivity (Wildman–Crippen MR) is 78.5 cm³/mol. The fourth-order valence-electron chi connectivity index (χ4n) is 2.08. The summed E-state index contributed by atoms with van der Waals surface area (Å²) >= 11 is 4.81. The molecular formula is C11H17BrN2O2S2. The van der Waals surface area contributed by atoms with Crippen molar-refractivity contribution >= 4 is 37.3 Å². The van der Waals surface area contributed by atoms with E-state index in [0.717, 1.165) is 26.1 Å². The van der Waals surface area contributed by atoms with Crippen molar-refractivity contribution in [3.8, 4) is 0 Å². The Labute approximate surface area is 121 Å². The number of nitrogens with zero attached hydrogens (tertiary/aromatic N) is 2. The van der Waals surface area contributed by atoms with Gasteiger partial charge in [0.15, 0.2) is 0 Å². The summed E-state index contributed by atoms with van der Waals surface area (Å²) in [4.78, 5) is 3.67. The van der Waals surface area contributed by atoms with E-state index < -0.39 is 10.0 Å². The van der Waals surface area contributed by atoms with Crippen LogP contribution in [-0.4, -0.2) is 48.5 Å². The molecule has 102 valence electrons. The zero-order valence-corrected chi connectivity index (χ0v) is 13.3. The van der Waals surface area contributed by atoms with E-state index in [9.17, 15) is 8.42 Å². The minimum Gasteiger partial charge on any atom is -0.297 e. The van der Waals surface area contributed by atoms with Gasteiger partial charge < -0.3 is 0 Å². The first-order valence-electron chi connectivity index (χ1n) is 5.90. The van der Waals surface area contributed by atoms with E-state index in [2.05, 4.69) is 38.3 Å². The Balaban J connectivity index is 1.92. The molecule has 1 aromatic heterocycles. The van der Waals surface area contributed by atoms with Gasteiger partial charge in [-0.1, -0.05) is 22.0 Å². The van der Waals surface area contributed by atoms with Crippen LogP contribution in [0.25, 0.3) is 0 Å². The van der Waals surface area contributed by atoms with E-state index in [1.807, 2.05) is 0 Å². The molecule has 2 heterocycles. The summed E-state index contributed by atoms with van der Waals surface area (Å²) in [7, 11) is -3.10. The van der Waals surface area contributed by atoms with Crippen LogP contribution in [0.3, 0.4) is 0 Å². The van der Waals surface area contributed by atoms with Crippen molar-refractivity contribution in [3.63, 3.8) is 0 Å². The molecule has 0 aromatic carbocycles. The lowest BCUT2D eigenvalue weighted by molar-refractivity contribution is 0.281. The molecule has 0 bridgehead atoms. The largest absolute Gasteiger partial charge is 0.297 e. The van der Waals surface area contributed by atoms with Gasteiger partial charge in [-0.05, 0) is 24.4 Å².